The SMILES string of the molecule is C=C1OC(C(C)CC/C=C/CC)=CC(C)=C1C(=C)/C(C)=C/c1sc(CCC(C)C)cc1C. The van der Waals surface area contributed by atoms with E-state index in [2.05, 4.69) is 92.0 Å². The van der Waals surface area contributed by atoms with Gasteiger partial charge >= 0.3 is 0 Å². The van der Waals surface area contributed by atoms with Gasteiger partial charge in [0.2, 0.25) is 0 Å². The maximum Gasteiger partial charge on any atom is 0.127 e. The zero-order chi connectivity index (χ0) is 23.8. The van der Waals surface area contributed by atoms with E-state index in [1.54, 1.807) is 0 Å². The van der Waals surface area contributed by atoms with Crippen LogP contribution in [0.4, 0.5) is 0 Å². The van der Waals surface area contributed by atoms with Crippen LogP contribution in [0.1, 0.15) is 82.5 Å². The Hall–Kier alpha value is -2.06. The van der Waals surface area contributed by atoms with E-state index in [1.165, 1.54) is 32.9 Å². The molecule has 0 spiro atoms. The van der Waals surface area contributed by atoms with Gasteiger partial charge in [-0.25, -0.2) is 0 Å². The van der Waals surface area contributed by atoms with Gasteiger partial charge in [-0.05, 0) is 99.3 Å². The number of rotatable bonds is 11. The monoisotopic (exact) mass is 450 g/mol. The molecule has 0 amide bonds. The molecule has 0 N–H and O–H groups in total. The molecule has 1 nitrogen and oxygen atoms in total. The minimum atomic E-state index is 0.368. The Balaban J connectivity index is 2.18. The molecule has 1 aromatic heterocycles. The first-order chi connectivity index (χ1) is 15.1. The van der Waals surface area contributed by atoms with Crippen molar-refractivity contribution in [3.8, 4) is 0 Å². The van der Waals surface area contributed by atoms with Gasteiger partial charge in [0.25, 0.3) is 0 Å². The third kappa shape index (κ3) is 7.24. The van der Waals surface area contributed by atoms with E-state index in [0.29, 0.717) is 11.7 Å². The van der Waals surface area contributed by atoms with Gasteiger partial charge in [0.1, 0.15) is 11.5 Å². The standard InChI is InChI=1S/C30H42OS/c1-10-11-12-13-14-21(4)28-18-24(7)30(26(9)31-28)25(8)22(5)19-29-23(6)17-27(32-29)16-15-20(2)3/h11-12,17-21H,8-10,13-16H2,1-7H3/b12-11+,22-19+. The summed E-state index contributed by atoms with van der Waals surface area (Å²) in [5.74, 6) is 2.83. The molecule has 2 heteroatoms. The molecule has 2 rings (SSSR count). The van der Waals surface area contributed by atoms with Crippen LogP contribution >= 0.6 is 11.3 Å². The van der Waals surface area contributed by atoms with E-state index >= 15 is 0 Å². The summed E-state index contributed by atoms with van der Waals surface area (Å²) in [5.41, 5.74) is 5.73. The summed E-state index contributed by atoms with van der Waals surface area (Å²) in [5, 5.41) is 0. The first-order valence-electron chi connectivity index (χ1n) is 12.1. The van der Waals surface area contributed by atoms with Crippen LogP contribution < -0.4 is 0 Å². The molecular formula is C30H42OS. The van der Waals surface area contributed by atoms with Crippen LogP contribution in [0, 0.1) is 18.8 Å². The predicted octanol–water partition coefficient (Wildman–Crippen LogP) is 9.73. The highest BCUT2D eigenvalue weighted by Gasteiger charge is 2.22. The number of ether oxygens (including phenoxy) is 1. The van der Waals surface area contributed by atoms with Crippen LogP contribution in [0.25, 0.3) is 6.08 Å². The van der Waals surface area contributed by atoms with Gasteiger partial charge in [0, 0.05) is 21.2 Å². The van der Waals surface area contributed by atoms with E-state index in [0.717, 1.165) is 48.5 Å². The zero-order valence-corrected chi connectivity index (χ0v) is 22.1. The molecule has 2 heterocycles. The molecule has 0 fully saturated rings. The van der Waals surface area contributed by atoms with Gasteiger partial charge < -0.3 is 4.74 Å². The Morgan fingerprint density at radius 1 is 1.16 bits per heavy atom. The highest BCUT2D eigenvalue weighted by molar-refractivity contribution is 7.13. The molecule has 0 radical (unpaired) electrons. The van der Waals surface area contributed by atoms with Crippen molar-refractivity contribution >= 4 is 17.4 Å². The largest absolute Gasteiger partial charge is 0.461 e. The van der Waals surface area contributed by atoms with E-state index in [1.807, 2.05) is 11.3 Å². The van der Waals surface area contributed by atoms with Gasteiger partial charge in [-0.15, -0.1) is 11.3 Å². The number of aryl methyl sites for hydroxylation is 2. The Labute approximate surface area is 201 Å². The molecule has 1 aliphatic heterocycles. The fourth-order valence-electron chi connectivity index (χ4n) is 3.89. The summed E-state index contributed by atoms with van der Waals surface area (Å²) in [6, 6.07) is 2.34. The average Bonchev–Trinajstić information content (AvgIpc) is 3.08. The van der Waals surface area contributed by atoms with Crippen molar-refractivity contribution in [3.05, 3.63) is 86.6 Å². The van der Waals surface area contributed by atoms with Crippen molar-refractivity contribution in [2.24, 2.45) is 11.8 Å². The van der Waals surface area contributed by atoms with Gasteiger partial charge in [-0.2, -0.15) is 0 Å². The zero-order valence-electron chi connectivity index (χ0n) is 21.3. The minimum Gasteiger partial charge on any atom is -0.461 e. The number of allylic oxidation sites excluding steroid dienone is 7. The van der Waals surface area contributed by atoms with Crippen LogP contribution in [0.2, 0.25) is 0 Å². The highest BCUT2D eigenvalue weighted by Crippen LogP contribution is 2.37. The van der Waals surface area contributed by atoms with E-state index in [-0.39, 0.29) is 0 Å². The fourth-order valence-corrected chi connectivity index (χ4v) is 5.09. The molecule has 1 aliphatic rings. The summed E-state index contributed by atoms with van der Waals surface area (Å²) in [6.07, 6.45) is 14.6. The maximum atomic E-state index is 6.19. The molecule has 32 heavy (non-hydrogen) atoms. The second-order valence-electron chi connectivity index (χ2n) is 9.49. The van der Waals surface area contributed by atoms with Crippen LogP contribution in [0.5, 0.6) is 0 Å². The molecule has 0 bridgehead atoms. The van der Waals surface area contributed by atoms with Crippen LogP contribution in [0.15, 0.2) is 71.3 Å². The summed E-state index contributed by atoms with van der Waals surface area (Å²) in [6.45, 7) is 24.1. The molecule has 1 aromatic rings. The maximum absolute atomic E-state index is 6.19. The molecule has 1 atom stereocenters. The van der Waals surface area contributed by atoms with Crippen molar-refractivity contribution in [1.29, 1.82) is 0 Å². The van der Waals surface area contributed by atoms with E-state index in [4.69, 9.17) is 4.74 Å². The van der Waals surface area contributed by atoms with E-state index < -0.39 is 0 Å². The van der Waals surface area contributed by atoms with Crippen molar-refractivity contribution in [1.82, 2.24) is 0 Å². The summed E-state index contributed by atoms with van der Waals surface area (Å²) in [7, 11) is 0. The average molecular weight is 451 g/mol. The third-order valence-corrected chi connectivity index (χ3v) is 7.27. The molecular weight excluding hydrogens is 408 g/mol. The van der Waals surface area contributed by atoms with Crippen molar-refractivity contribution in [3.63, 3.8) is 0 Å². The van der Waals surface area contributed by atoms with Gasteiger partial charge in [-0.1, -0.05) is 53.0 Å². The Morgan fingerprint density at radius 3 is 2.50 bits per heavy atom. The molecule has 1 unspecified atom stereocenters. The summed E-state index contributed by atoms with van der Waals surface area (Å²) in [4.78, 5) is 2.80. The molecule has 0 saturated heterocycles. The Bertz CT molecular complexity index is 945. The summed E-state index contributed by atoms with van der Waals surface area (Å²) < 4.78 is 6.19. The molecule has 0 aliphatic carbocycles. The predicted molar refractivity (Wildman–Crippen MR) is 144 cm³/mol. The lowest BCUT2D eigenvalue weighted by atomic mass is 9.91. The lowest BCUT2D eigenvalue weighted by Crippen LogP contribution is -2.11. The third-order valence-electron chi connectivity index (χ3n) is 6.03. The topological polar surface area (TPSA) is 9.23 Å². The Kier molecular flexibility index (Phi) is 10.0. The van der Waals surface area contributed by atoms with Crippen LogP contribution in [0.3, 0.4) is 0 Å². The Morgan fingerprint density at radius 2 is 1.88 bits per heavy atom. The molecule has 0 saturated carbocycles. The van der Waals surface area contributed by atoms with Crippen LogP contribution in [-0.2, 0) is 11.2 Å². The van der Waals surface area contributed by atoms with Crippen LogP contribution in [-0.4, -0.2) is 0 Å². The highest BCUT2D eigenvalue weighted by atomic mass is 32.1. The number of hydrogen-bond donors (Lipinski definition) is 0. The first-order valence-corrected chi connectivity index (χ1v) is 12.9. The van der Waals surface area contributed by atoms with Gasteiger partial charge in [0.05, 0.1) is 0 Å². The van der Waals surface area contributed by atoms with Gasteiger partial charge in [0.15, 0.2) is 0 Å². The normalized spacial score (nSPS) is 16.1. The second-order valence-corrected chi connectivity index (χ2v) is 10.7. The number of thiophene rings is 1. The lowest BCUT2D eigenvalue weighted by Gasteiger charge is -2.26. The number of hydrogen-bond acceptors (Lipinski definition) is 2. The lowest BCUT2D eigenvalue weighted by molar-refractivity contribution is 0.259. The fraction of sp³-hybridized carbons (Fsp3) is 0.467. The quantitative estimate of drug-likeness (QED) is 0.241. The van der Waals surface area contributed by atoms with Crippen molar-refractivity contribution in [2.45, 2.75) is 80.6 Å². The summed E-state index contributed by atoms with van der Waals surface area (Å²) >= 11 is 1.91. The van der Waals surface area contributed by atoms with Crippen molar-refractivity contribution in [2.75, 3.05) is 0 Å². The second kappa shape index (κ2) is 12.3. The van der Waals surface area contributed by atoms with E-state index in [9.17, 15) is 0 Å². The smallest absolute Gasteiger partial charge is 0.127 e. The minimum absolute atomic E-state index is 0.368. The van der Waals surface area contributed by atoms with Gasteiger partial charge in [-0.3, -0.25) is 0 Å². The first kappa shape index (κ1) is 26.2. The van der Waals surface area contributed by atoms with Crippen molar-refractivity contribution < 1.29 is 4.74 Å². The molecule has 0 aromatic carbocycles. The molecule has 174 valence electrons.